The van der Waals surface area contributed by atoms with Crippen LogP contribution < -0.4 is 11.3 Å². The van der Waals surface area contributed by atoms with Crippen LogP contribution in [0.1, 0.15) is 32.1 Å². The number of nitrogens with one attached hydrogen (secondary N) is 1. The first-order valence-electron chi connectivity index (χ1n) is 5.29. The van der Waals surface area contributed by atoms with E-state index in [0.717, 1.165) is 12.8 Å². The molecule has 1 rings (SSSR count). The molecule has 84 valence electrons. The number of hydrazine groups is 1. The highest BCUT2D eigenvalue weighted by Gasteiger charge is 2.39. The van der Waals surface area contributed by atoms with Gasteiger partial charge in [-0.15, -0.1) is 0 Å². The van der Waals surface area contributed by atoms with Crippen molar-refractivity contribution in [3.8, 4) is 0 Å². The molecule has 14 heavy (non-hydrogen) atoms. The largest absolute Gasteiger partial charge is 0.383 e. The molecule has 1 aliphatic rings. The van der Waals surface area contributed by atoms with E-state index in [-0.39, 0.29) is 11.6 Å². The van der Waals surface area contributed by atoms with E-state index in [2.05, 4.69) is 5.43 Å². The Morgan fingerprint density at radius 2 is 1.93 bits per heavy atom. The molecule has 0 saturated heterocycles. The standard InChI is InChI=1S/C10H22N2O2/c1-13-8-9(12-11)10(14-2)6-4-3-5-7-10/h9,12H,3-8,11H2,1-2H3. The van der Waals surface area contributed by atoms with Crippen molar-refractivity contribution >= 4 is 0 Å². The summed E-state index contributed by atoms with van der Waals surface area (Å²) in [5.41, 5.74) is 2.69. The Kier molecular flexibility index (Phi) is 4.81. The Morgan fingerprint density at radius 1 is 1.29 bits per heavy atom. The van der Waals surface area contributed by atoms with Gasteiger partial charge >= 0.3 is 0 Å². The summed E-state index contributed by atoms with van der Waals surface area (Å²) in [5, 5.41) is 0. The quantitative estimate of drug-likeness (QED) is 0.512. The maximum atomic E-state index is 5.66. The lowest BCUT2D eigenvalue weighted by Crippen LogP contribution is -2.57. The van der Waals surface area contributed by atoms with Gasteiger partial charge in [-0.2, -0.15) is 0 Å². The van der Waals surface area contributed by atoms with E-state index < -0.39 is 0 Å². The fraction of sp³-hybridized carbons (Fsp3) is 1.00. The smallest absolute Gasteiger partial charge is 0.0866 e. The van der Waals surface area contributed by atoms with E-state index in [0.29, 0.717) is 6.61 Å². The van der Waals surface area contributed by atoms with Gasteiger partial charge in [0.15, 0.2) is 0 Å². The van der Waals surface area contributed by atoms with E-state index in [9.17, 15) is 0 Å². The minimum absolute atomic E-state index is 0.0952. The van der Waals surface area contributed by atoms with Crippen molar-refractivity contribution in [2.45, 2.75) is 43.7 Å². The zero-order valence-electron chi connectivity index (χ0n) is 9.21. The second-order valence-corrected chi connectivity index (χ2v) is 4.00. The average molecular weight is 202 g/mol. The number of hydrogen-bond donors (Lipinski definition) is 2. The van der Waals surface area contributed by atoms with Crippen LogP contribution in [0.2, 0.25) is 0 Å². The zero-order chi connectivity index (χ0) is 10.4. The topological polar surface area (TPSA) is 56.5 Å². The number of nitrogens with two attached hydrogens (primary N) is 1. The van der Waals surface area contributed by atoms with Gasteiger partial charge in [0.25, 0.3) is 0 Å². The Bertz CT molecular complexity index is 158. The molecule has 0 heterocycles. The highest BCUT2D eigenvalue weighted by atomic mass is 16.5. The highest BCUT2D eigenvalue weighted by Crippen LogP contribution is 2.33. The lowest BCUT2D eigenvalue weighted by atomic mass is 9.79. The molecule has 0 aromatic heterocycles. The van der Waals surface area contributed by atoms with Crippen LogP contribution in [-0.4, -0.2) is 32.5 Å². The SMILES string of the molecule is COCC(NN)C1(OC)CCCCC1. The molecule has 0 bridgehead atoms. The van der Waals surface area contributed by atoms with Crippen molar-refractivity contribution in [2.75, 3.05) is 20.8 Å². The van der Waals surface area contributed by atoms with Crippen molar-refractivity contribution in [3.05, 3.63) is 0 Å². The number of rotatable bonds is 5. The molecule has 4 heteroatoms. The lowest BCUT2D eigenvalue weighted by molar-refractivity contribution is -0.0825. The fourth-order valence-corrected chi connectivity index (χ4v) is 2.36. The Balaban J connectivity index is 2.63. The van der Waals surface area contributed by atoms with E-state index in [1.165, 1.54) is 19.3 Å². The van der Waals surface area contributed by atoms with Gasteiger partial charge in [-0.05, 0) is 12.8 Å². The second kappa shape index (κ2) is 5.66. The molecule has 1 unspecified atom stereocenters. The summed E-state index contributed by atoms with van der Waals surface area (Å²) in [6.07, 6.45) is 5.88. The molecular weight excluding hydrogens is 180 g/mol. The molecule has 1 fully saturated rings. The monoisotopic (exact) mass is 202 g/mol. The maximum Gasteiger partial charge on any atom is 0.0866 e. The van der Waals surface area contributed by atoms with Crippen molar-refractivity contribution in [2.24, 2.45) is 5.84 Å². The number of ether oxygens (including phenoxy) is 2. The van der Waals surface area contributed by atoms with Gasteiger partial charge in [-0.3, -0.25) is 11.3 Å². The van der Waals surface area contributed by atoms with Gasteiger partial charge in [0.1, 0.15) is 0 Å². The van der Waals surface area contributed by atoms with E-state index in [4.69, 9.17) is 15.3 Å². The third-order valence-corrected chi connectivity index (χ3v) is 3.28. The van der Waals surface area contributed by atoms with Crippen LogP contribution >= 0.6 is 0 Å². The van der Waals surface area contributed by atoms with Crippen LogP contribution in [0.15, 0.2) is 0 Å². The molecule has 0 aromatic rings. The van der Waals surface area contributed by atoms with Crippen molar-refractivity contribution in [1.82, 2.24) is 5.43 Å². The van der Waals surface area contributed by atoms with Gasteiger partial charge in [0, 0.05) is 14.2 Å². The van der Waals surface area contributed by atoms with Crippen molar-refractivity contribution in [1.29, 1.82) is 0 Å². The molecular formula is C10H22N2O2. The first kappa shape index (κ1) is 11.9. The summed E-state index contributed by atoms with van der Waals surface area (Å²) in [6, 6.07) is 0.0952. The van der Waals surface area contributed by atoms with Crippen LogP contribution in [0.5, 0.6) is 0 Å². The first-order valence-corrected chi connectivity index (χ1v) is 5.29. The molecule has 0 radical (unpaired) electrons. The lowest BCUT2D eigenvalue weighted by Gasteiger charge is -2.41. The fourth-order valence-electron chi connectivity index (χ4n) is 2.36. The summed E-state index contributed by atoms with van der Waals surface area (Å²) in [5.74, 6) is 5.54. The Morgan fingerprint density at radius 3 is 2.36 bits per heavy atom. The Labute approximate surface area is 86.1 Å². The molecule has 0 spiro atoms. The van der Waals surface area contributed by atoms with Crippen molar-refractivity contribution in [3.63, 3.8) is 0 Å². The van der Waals surface area contributed by atoms with E-state index in [1.807, 2.05) is 0 Å². The molecule has 0 aliphatic heterocycles. The first-order chi connectivity index (χ1) is 6.79. The molecule has 4 nitrogen and oxygen atoms in total. The summed E-state index contributed by atoms with van der Waals surface area (Å²) >= 11 is 0. The summed E-state index contributed by atoms with van der Waals surface area (Å²) < 4.78 is 10.8. The zero-order valence-corrected chi connectivity index (χ0v) is 9.21. The van der Waals surface area contributed by atoms with Crippen LogP contribution in [0, 0.1) is 0 Å². The van der Waals surface area contributed by atoms with Crippen LogP contribution in [0.25, 0.3) is 0 Å². The molecule has 1 saturated carbocycles. The third-order valence-electron chi connectivity index (χ3n) is 3.28. The predicted molar refractivity (Wildman–Crippen MR) is 55.8 cm³/mol. The molecule has 3 N–H and O–H groups in total. The van der Waals surface area contributed by atoms with E-state index >= 15 is 0 Å². The Hall–Kier alpha value is -0.160. The molecule has 0 amide bonds. The minimum Gasteiger partial charge on any atom is -0.383 e. The van der Waals surface area contributed by atoms with Crippen molar-refractivity contribution < 1.29 is 9.47 Å². The van der Waals surface area contributed by atoms with Crippen LogP contribution in [-0.2, 0) is 9.47 Å². The van der Waals surface area contributed by atoms with Crippen LogP contribution in [0.4, 0.5) is 0 Å². The van der Waals surface area contributed by atoms with Gasteiger partial charge in [0.05, 0.1) is 18.2 Å². The maximum absolute atomic E-state index is 5.66. The van der Waals surface area contributed by atoms with Gasteiger partial charge < -0.3 is 9.47 Å². The third kappa shape index (κ3) is 2.45. The summed E-state index contributed by atoms with van der Waals surface area (Å²) in [6.45, 7) is 0.602. The molecule has 1 atom stereocenters. The minimum atomic E-state index is -0.122. The van der Waals surface area contributed by atoms with Gasteiger partial charge in [0.2, 0.25) is 0 Å². The molecule has 1 aliphatic carbocycles. The summed E-state index contributed by atoms with van der Waals surface area (Å²) in [4.78, 5) is 0. The highest BCUT2D eigenvalue weighted by molar-refractivity contribution is 4.94. The molecule has 0 aromatic carbocycles. The summed E-state index contributed by atoms with van der Waals surface area (Å²) in [7, 11) is 3.46. The van der Waals surface area contributed by atoms with Gasteiger partial charge in [-0.1, -0.05) is 19.3 Å². The normalized spacial score (nSPS) is 23.4. The predicted octanol–water partition coefficient (Wildman–Crippen LogP) is 0.814. The second-order valence-electron chi connectivity index (χ2n) is 4.00. The van der Waals surface area contributed by atoms with Crippen LogP contribution in [0.3, 0.4) is 0 Å². The average Bonchev–Trinajstić information content (AvgIpc) is 2.27. The van der Waals surface area contributed by atoms with Gasteiger partial charge in [-0.25, -0.2) is 0 Å². The number of hydrogen-bond acceptors (Lipinski definition) is 4. The number of methoxy groups -OCH3 is 2. The van der Waals surface area contributed by atoms with E-state index in [1.54, 1.807) is 14.2 Å².